The number of carbonyl (C=O) groups excluding carboxylic acids is 2. The lowest BCUT2D eigenvalue weighted by atomic mass is 10.1. The van der Waals surface area contributed by atoms with Gasteiger partial charge in [0.15, 0.2) is 6.61 Å². The number of aromatic nitrogens is 1. The van der Waals surface area contributed by atoms with Gasteiger partial charge >= 0.3 is 5.97 Å². The molecule has 0 aliphatic carbocycles. The number of hydrogen-bond donors (Lipinski definition) is 1. The summed E-state index contributed by atoms with van der Waals surface area (Å²) in [7, 11) is 0. The Balaban J connectivity index is 1.74. The van der Waals surface area contributed by atoms with Crippen molar-refractivity contribution in [3.8, 4) is 11.3 Å². The summed E-state index contributed by atoms with van der Waals surface area (Å²) in [4.78, 5) is 24.7. The van der Waals surface area contributed by atoms with Gasteiger partial charge < -0.3 is 14.6 Å². The molecule has 1 heterocycles. The number of anilines is 1. The van der Waals surface area contributed by atoms with Crippen LogP contribution < -0.4 is 5.32 Å². The molecule has 0 atom stereocenters. The monoisotopic (exact) mass is 416 g/mol. The lowest BCUT2D eigenvalue weighted by Gasteiger charge is -2.09. The van der Waals surface area contributed by atoms with E-state index < -0.39 is 24.3 Å². The van der Waals surface area contributed by atoms with E-state index in [9.17, 15) is 14.0 Å². The Hall–Kier alpha value is -3.19. The van der Waals surface area contributed by atoms with E-state index >= 15 is 0 Å². The number of rotatable bonds is 5. The van der Waals surface area contributed by atoms with Gasteiger partial charge in [-0.1, -0.05) is 28.9 Å². The van der Waals surface area contributed by atoms with Gasteiger partial charge in [-0.15, -0.1) is 0 Å². The fourth-order valence-electron chi connectivity index (χ4n) is 2.73. The van der Waals surface area contributed by atoms with Crippen LogP contribution in [0.4, 0.5) is 10.1 Å². The molecule has 0 radical (unpaired) electrons. The van der Waals surface area contributed by atoms with E-state index in [1.54, 1.807) is 6.07 Å². The number of ether oxygens (including phenoxy) is 1. The van der Waals surface area contributed by atoms with Crippen molar-refractivity contribution < 1.29 is 23.2 Å². The van der Waals surface area contributed by atoms with Crippen LogP contribution in [0, 0.1) is 26.6 Å². The maximum Gasteiger partial charge on any atom is 0.344 e. The smallest absolute Gasteiger partial charge is 0.344 e. The quantitative estimate of drug-likeness (QED) is 0.601. The van der Waals surface area contributed by atoms with Gasteiger partial charge in [-0.25, -0.2) is 9.18 Å². The van der Waals surface area contributed by atoms with E-state index in [0.29, 0.717) is 5.69 Å². The maximum atomic E-state index is 14.2. The van der Waals surface area contributed by atoms with Crippen LogP contribution in [-0.2, 0) is 9.53 Å². The molecule has 6 nitrogen and oxygen atoms in total. The van der Waals surface area contributed by atoms with Gasteiger partial charge in [0.05, 0.1) is 10.6 Å². The number of hydrogen-bond acceptors (Lipinski definition) is 5. The third-order valence-corrected chi connectivity index (χ3v) is 4.71. The first-order valence-corrected chi connectivity index (χ1v) is 9.10. The summed E-state index contributed by atoms with van der Waals surface area (Å²) in [6.07, 6.45) is 0. The number of amides is 1. The molecule has 0 bridgehead atoms. The molecule has 0 unspecified atom stereocenters. The summed E-state index contributed by atoms with van der Waals surface area (Å²) in [6.45, 7) is 4.84. The number of nitrogens with one attached hydrogen (secondary N) is 1. The number of nitrogens with zero attached hydrogens (tertiary/aromatic N) is 1. The van der Waals surface area contributed by atoms with Gasteiger partial charge in [-0.2, -0.15) is 0 Å². The van der Waals surface area contributed by atoms with E-state index in [1.807, 2.05) is 26.0 Å². The Morgan fingerprint density at radius 2 is 1.93 bits per heavy atom. The Morgan fingerprint density at radius 3 is 2.62 bits per heavy atom. The Bertz CT molecular complexity index is 1070. The lowest BCUT2D eigenvalue weighted by molar-refractivity contribution is -0.119. The predicted molar refractivity (Wildman–Crippen MR) is 106 cm³/mol. The zero-order valence-electron chi connectivity index (χ0n) is 16.0. The first-order chi connectivity index (χ1) is 13.8. The fraction of sp³-hybridized carbons (Fsp3) is 0.190. The van der Waals surface area contributed by atoms with Crippen molar-refractivity contribution in [3.05, 3.63) is 69.7 Å². The molecular weight excluding hydrogens is 399 g/mol. The molecule has 0 fully saturated rings. The topological polar surface area (TPSA) is 81.4 Å². The molecule has 3 rings (SSSR count). The van der Waals surface area contributed by atoms with Crippen molar-refractivity contribution in [2.75, 3.05) is 11.9 Å². The SMILES string of the molecule is Cc1ccc(NC(=O)COC(=O)c2c(-c3c(F)cccc3Cl)noc2C)cc1C. The second-order valence-electron chi connectivity index (χ2n) is 6.48. The summed E-state index contributed by atoms with van der Waals surface area (Å²) in [5, 5.41) is 6.46. The van der Waals surface area contributed by atoms with Crippen LogP contribution in [0.15, 0.2) is 40.9 Å². The lowest BCUT2D eigenvalue weighted by Crippen LogP contribution is -2.21. The summed E-state index contributed by atoms with van der Waals surface area (Å²) in [6, 6.07) is 9.54. The molecule has 1 amide bonds. The first-order valence-electron chi connectivity index (χ1n) is 8.72. The van der Waals surface area contributed by atoms with Crippen molar-refractivity contribution in [3.63, 3.8) is 0 Å². The third-order valence-electron chi connectivity index (χ3n) is 4.39. The van der Waals surface area contributed by atoms with Gasteiger partial charge in [0.25, 0.3) is 5.91 Å². The van der Waals surface area contributed by atoms with Gasteiger partial charge in [0, 0.05) is 5.69 Å². The Morgan fingerprint density at radius 1 is 1.17 bits per heavy atom. The number of benzene rings is 2. The Labute approximate surface area is 171 Å². The number of halogens is 2. The standard InChI is InChI=1S/C21H18ClFN2O4/c1-11-7-8-14(9-12(11)2)24-17(26)10-28-21(27)18-13(3)29-25-20(18)19-15(22)5-4-6-16(19)23/h4-9H,10H2,1-3H3,(H,24,26). The van der Waals surface area contributed by atoms with Crippen molar-refractivity contribution in [1.29, 1.82) is 0 Å². The van der Waals surface area contributed by atoms with Crippen LogP contribution >= 0.6 is 11.6 Å². The molecule has 8 heteroatoms. The zero-order valence-corrected chi connectivity index (χ0v) is 16.8. The average molecular weight is 417 g/mol. The molecule has 1 N–H and O–H groups in total. The van der Waals surface area contributed by atoms with Gasteiger partial charge in [-0.05, 0) is 56.2 Å². The van der Waals surface area contributed by atoms with Crippen molar-refractivity contribution in [2.45, 2.75) is 20.8 Å². The van der Waals surface area contributed by atoms with E-state index in [-0.39, 0.29) is 27.6 Å². The highest BCUT2D eigenvalue weighted by Gasteiger charge is 2.27. The molecule has 1 aromatic heterocycles. The molecule has 2 aromatic carbocycles. The van der Waals surface area contributed by atoms with Gasteiger partial charge in [-0.3, -0.25) is 4.79 Å². The minimum Gasteiger partial charge on any atom is -0.452 e. The molecule has 0 saturated carbocycles. The molecule has 0 aliphatic rings. The Kier molecular flexibility index (Phi) is 5.98. The highest BCUT2D eigenvalue weighted by atomic mass is 35.5. The summed E-state index contributed by atoms with van der Waals surface area (Å²) < 4.78 is 24.3. The van der Waals surface area contributed by atoms with Crippen LogP contribution in [0.25, 0.3) is 11.3 Å². The van der Waals surface area contributed by atoms with Crippen LogP contribution in [0.5, 0.6) is 0 Å². The highest BCUT2D eigenvalue weighted by Crippen LogP contribution is 2.33. The minimum absolute atomic E-state index is 0.0693. The van der Waals surface area contributed by atoms with E-state index in [2.05, 4.69) is 10.5 Å². The van der Waals surface area contributed by atoms with Crippen LogP contribution in [0.3, 0.4) is 0 Å². The number of esters is 1. The van der Waals surface area contributed by atoms with Gasteiger partial charge in [0.2, 0.25) is 0 Å². The molecule has 3 aromatic rings. The predicted octanol–water partition coefficient (Wildman–Crippen LogP) is 4.85. The van der Waals surface area contributed by atoms with Crippen LogP contribution in [0.1, 0.15) is 27.2 Å². The molecule has 29 heavy (non-hydrogen) atoms. The molecular formula is C21H18ClFN2O4. The van der Waals surface area contributed by atoms with Crippen LogP contribution in [-0.4, -0.2) is 23.6 Å². The number of carbonyl (C=O) groups is 2. The summed E-state index contributed by atoms with van der Waals surface area (Å²) in [5.41, 5.74) is 2.47. The third kappa shape index (κ3) is 4.46. The van der Waals surface area contributed by atoms with E-state index in [1.165, 1.54) is 25.1 Å². The largest absolute Gasteiger partial charge is 0.452 e. The zero-order chi connectivity index (χ0) is 21.1. The van der Waals surface area contributed by atoms with Crippen LogP contribution in [0.2, 0.25) is 5.02 Å². The van der Waals surface area contributed by atoms with E-state index in [0.717, 1.165) is 11.1 Å². The normalized spacial score (nSPS) is 10.7. The van der Waals surface area contributed by atoms with Crippen molar-refractivity contribution in [2.24, 2.45) is 0 Å². The molecule has 0 spiro atoms. The van der Waals surface area contributed by atoms with Crippen molar-refractivity contribution in [1.82, 2.24) is 5.16 Å². The molecule has 150 valence electrons. The summed E-state index contributed by atoms with van der Waals surface area (Å²) in [5.74, 6) is -1.92. The highest BCUT2D eigenvalue weighted by molar-refractivity contribution is 6.33. The van der Waals surface area contributed by atoms with E-state index in [4.69, 9.17) is 20.9 Å². The summed E-state index contributed by atoms with van der Waals surface area (Å²) >= 11 is 6.05. The van der Waals surface area contributed by atoms with Crippen molar-refractivity contribution >= 4 is 29.2 Å². The van der Waals surface area contributed by atoms with Gasteiger partial charge in [0.1, 0.15) is 22.8 Å². The first kappa shape index (κ1) is 20.5. The molecule has 0 aliphatic heterocycles. The second-order valence-corrected chi connectivity index (χ2v) is 6.89. The second kappa shape index (κ2) is 8.45. The minimum atomic E-state index is -0.867. The average Bonchev–Trinajstić information content (AvgIpc) is 3.04. The molecule has 0 saturated heterocycles. The maximum absolute atomic E-state index is 14.2. The fourth-order valence-corrected chi connectivity index (χ4v) is 2.98. The number of aryl methyl sites for hydroxylation is 3.